The Morgan fingerprint density at radius 2 is 1.83 bits per heavy atom. The predicted molar refractivity (Wildman–Crippen MR) is 108 cm³/mol. The molecule has 0 saturated carbocycles. The number of hydrogen-bond donors (Lipinski definition) is 0. The van der Waals surface area contributed by atoms with Crippen LogP contribution in [0, 0.1) is 11.3 Å². The number of carbonyl (C=O) groups is 1. The van der Waals surface area contributed by atoms with Crippen LogP contribution >= 0.6 is 23.2 Å². The van der Waals surface area contributed by atoms with Gasteiger partial charge in [0.2, 0.25) is 5.91 Å². The number of alkyl halides is 3. The second-order valence-electron chi connectivity index (χ2n) is 7.35. The summed E-state index contributed by atoms with van der Waals surface area (Å²) in [6, 6.07) is 9.42. The molecule has 0 N–H and O–H groups in total. The van der Waals surface area contributed by atoms with Gasteiger partial charge in [0, 0.05) is 35.3 Å². The van der Waals surface area contributed by atoms with Gasteiger partial charge in [0.25, 0.3) is 0 Å². The number of piperidine rings is 1. The van der Waals surface area contributed by atoms with E-state index in [1.54, 1.807) is 29.2 Å². The van der Waals surface area contributed by atoms with Crippen LogP contribution in [0.2, 0.25) is 5.02 Å². The van der Waals surface area contributed by atoms with E-state index in [9.17, 15) is 23.2 Å². The van der Waals surface area contributed by atoms with Crippen molar-refractivity contribution in [1.82, 2.24) is 9.91 Å². The average Bonchev–Trinajstić information content (AvgIpc) is 2.71. The van der Waals surface area contributed by atoms with Gasteiger partial charge in [-0.25, -0.2) is 0 Å². The molecule has 0 aromatic heterocycles. The van der Waals surface area contributed by atoms with Gasteiger partial charge in [-0.1, -0.05) is 35.3 Å². The van der Waals surface area contributed by atoms with Gasteiger partial charge in [-0.05, 0) is 37.5 Å². The van der Waals surface area contributed by atoms with Crippen LogP contribution in [-0.2, 0) is 10.2 Å². The zero-order chi connectivity index (χ0) is 22.1. The van der Waals surface area contributed by atoms with Gasteiger partial charge in [0.05, 0.1) is 11.5 Å². The lowest BCUT2D eigenvalue weighted by Crippen LogP contribution is -2.47. The molecular formula is C20H19Cl2F3N4O. The third-order valence-electron chi connectivity index (χ3n) is 5.54. The lowest BCUT2D eigenvalue weighted by molar-refractivity contribution is -0.133. The highest BCUT2D eigenvalue weighted by Crippen LogP contribution is 2.36. The minimum Gasteiger partial charge on any atom is -0.341 e. The predicted octanol–water partition coefficient (Wildman–Crippen LogP) is 4.82. The number of amides is 1. The molecule has 160 valence electrons. The van der Waals surface area contributed by atoms with Crippen LogP contribution in [-0.4, -0.2) is 47.3 Å². The van der Waals surface area contributed by atoms with E-state index in [2.05, 4.69) is 11.2 Å². The first-order valence-corrected chi connectivity index (χ1v) is 10.0. The molecular weight excluding hydrogens is 440 g/mol. The van der Waals surface area contributed by atoms with Gasteiger partial charge in [-0.15, -0.1) is 0 Å². The summed E-state index contributed by atoms with van der Waals surface area (Å²) in [5, 5.41) is 15.0. The molecule has 1 amide bonds. The number of hydrazone groups is 1. The Labute approximate surface area is 182 Å². The molecule has 1 aromatic rings. The summed E-state index contributed by atoms with van der Waals surface area (Å²) in [6.45, 7) is 1.82. The summed E-state index contributed by atoms with van der Waals surface area (Å²) in [7, 11) is 0. The Kier molecular flexibility index (Phi) is 6.34. The quantitative estimate of drug-likeness (QED) is 0.652. The van der Waals surface area contributed by atoms with E-state index >= 15 is 0 Å². The van der Waals surface area contributed by atoms with Crippen LogP contribution in [0.1, 0.15) is 31.7 Å². The third-order valence-corrected chi connectivity index (χ3v) is 6.20. The standard InChI is InChI=1S/C20H19Cl2F3N4O/c1-13-16(22)10-17(20(23,24)25)27-29(13)11-18(30)28-8-6-19(12-26,7-9-28)14-2-4-15(21)5-3-14/h2-5H,6-11H2,1H3. The van der Waals surface area contributed by atoms with Crippen LogP contribution in [0.15, 0.2) is 40.1 Å². The minimum absolute atomic E-state index is 0.00926. The van der Waals surface area contributed by atoms with Gasteiger partial charge in [-0.3, -0.25) is 9.80 Å². The molecule has 0 atom stereocenters. The number of benzene rings is 1. The van der Waals surface area contributed by atoms with E-state index in [0.717, 1.165) is 10.6 Å². The van der Waals surface area contributed by atoms with Crippen LogP contribution in [0.25, 0.3) is 0 Å². The van der Waals surface area contributed by atoms with E-state index in [1.807, 2.05) is 0 Å². The van der Waals surface area contributed by atoms with Crippen molar-refractivity contribution in [3.05, 3.63) is 45.6 Å². The largest absolute Gasteiger partial charge is 0.431 e. The number of halogens is 5. The maximum atomic E-state index is 13.0. The van der Waals surface area contributed by atoms with Crippen molar-refractivity contribution in [3.8, 4) is 6.07 Å². The first-order chi connectivity index (χ1) is 14.1. The SMILES string of the molecule is CC1=C(Cl)CC(C(F)(F)F)=NN1CC(=O)N1CCC(C#N)(c2ccc(Cl)cc2)CC1. The van der Waals surface area contributed by atoms with E-state index in [-0.39, 0.29) is 17.5 Å². The Morgan fingerprint density at radius 1 is 1.23 bits per heavy atom. The highest BCUT2D eigenvalue weighted by atomic mass is 35.5. The lowest BCUT2D eigenvalue weighted by Gasteiger charge is -2.38. The maximum Gasteiger partial charge on any atom is 0.431 e. The zero-order valence-electron chi connectivity index (χ0n) is 16.1. The van der Waals surface area contributed by atoms with E-state index in [1.165, 1.54) is 6.92 Å². The van der Waals surface area contributed by atoms with Gasteiger partial charge < -0.3 is 4.90 Å². The normalized spacial score (nSPS) is 19.4. The van der Waals surface area contributed by atoms with Crippen molar-refractivity contribution < 1.29 is 18.0 Å². The number of carbonyl (C=O) groups excluding carboxylic acids is 1. The number of nitriles is 1. The molecule has 0 spiro atoms. The first-order valence-electron chi connectivity index (χ1n) is 9.28. The molecule has 0 bridgehead atoms. The van der Waals surface area contributed by atoms with Crippen LogP contribution < -0.4 is 0 Å². The Morgan fingerprint density at radius 3 is 2.37 bits per heavy atom. The Bertz CT molecular complexity index is 927. The summed E-state index contributed by atoms with van der Waals surface area (Å²) < 4.78 is 39.1. The highest BCUT2D eigenvalue weighted by molar-refractivity contribution is 6.31. The average molecular weight is 459 g/mol. The summed E-state index contributed by atoms with van der Waals surface area (Å²) in [5.41, 5.74) is -0.603. The van der Waals surface area contributed by atoms with Crippen LogP contribution in [0.5, 0.6) is 0 Å². The third kappa shape index (κ3) is 4.57. The fraction of sp³-hybridized carbons (Fsp3) is 0.450. The molecule has 1 aromatic carbocycles. The summed E-state index contributed by atoms with van der Waals surface area (Å²) in [6.07, 6.45) is -4.28. The van der Waals surface area contributed by atoms with Crippen molar-refractivity contribution in [2.24, 2.45) is 5.10 Å². The Hall–Kier alpha value is -2.24. The molecule has 0 radical (unpaired) electrons. The van der Waals surface area contributed by atoms with Gasteiger partial charge in [-0.2, -0.15) is 23.5 Å². The fourth-order valence-corrected chi connectivity index (χ4v) is 3.93. The first kappa shape index (κ1) is 22.4. The molecule has 3 rings (SSSR count). The molecule has 1 fully saturated rings. The van der Waals surface area contributed by atoms with Crippen molar-refractivity contribution in [2.75, 3.05) is 19.6 Å². The van der Waals surface area contributed by atoms with Crippen LogP contribution in [0.4, 0.5) is 13.2 Å². The monoisotopic (exact) mass is 458 g/mol. The fourth-order valence-electron chi connectivity index (χ4n) is 3.58. The number of rotatable bonds is 3. The number of hydrogen-bond acceptors (Lipinski definition) is 4. The molecule has 1 saturated heterocycles. The molecule has 2 aliphatic rings. The molecule has 0 unspecified atom stereocenters. The molecule has 5 nitrogen and oxygen atoms in total. The highest BCUT2D eigenvalue weighted by Gasteiger charge is 2.40. The second-order valence-corrected chi connectivity index (χ2v) is 8.24. The molecule has 2 aliphatic heterocycles. The summed E-state index contributed by atoms with van der Waals surface area (Å²) in [5.74, 6) is -0.367. The minimum atomic E-state index is -4.61. The summed E-state index contributed by atoms with van der Waals surface area (Å²) >= 11 is 11.9. The smallest absolute Gasteiger partial charge is 0.341 e. The van der Waals surface area contributed by atoms with Crippen molar-refractivity contribution >= 4 is 34.8 Å². The van der Waals surface area contributed by atoms with Crippen molar-refractivity contribution in [3.63, 3.8) is 0 Å². The lowest BCUT2D eigenvalue weighted by atomic mass is 9.74. The summed E-state index contributed by atoms with van der Waals surface area (Å²) in [4.78, 5) is 14.3. The number of nitrogens with zero attached hydrogens (tertiary/aromatic N) is 4. The van der Waals surface area contributed by atoms with E-state index < -0.39 is 23.7 Å². The van der Waals surface area contributed by atoms with Crippen molar-refractivity contribution in [2.45, 2.75) is 37.8 Å². The molecule has 0 aliphatic carbocycles. The molecule has 10 heteroatoms. The van der Waals surface area contributed by atoms with E-state index in [0.29, 0.717) is 36.7 Å². The molecule has 2 heterocycles. The van der Waals surface area contributed by atoms with Gasteiger partial charge in [0.15, 0.2) is 0 Å². The Balaban J connectivity index is 1.69. The van der Waals surface area contributed by atoms with E-state index in [4.69, 9.17) is 23.2 Å². The maximum absolute atomic E-state index is 13.0. The molecule has 30 heavy (non-hydrogen) atoms. The van der Waals surface area contributed by atoms with Crippen LogP contribution in [0.3, 0.4) is 0 Å². The topological polar surface area (TPSA) is 59.7 Å². The number of allylic oxidation sites excluding steroid dienone is 2. The van der Waals surface area contributed by atoms with Gasteiger partial charge >= 0.3 is 6.18 Å². The van der Waals surface area contributed by atoms with Crippen molar-refractivity contribution in [1.29, 1.82) is 5.26 Å². The van der Waals surface area contributed by atoms with Gasteiger partial charge in [0.1, 0.15) is 12.3 Å². The number of likely N-dealkylation sites (tertiary alicyclic amines) is 1. The second kappa shape index (κ2) is 8.48. The zero-order valence-corrected chi connectivity index (χ0v) is 17.7.